The lowest BCUT2D eigenvalue weighted by molar-refractivity contribution is 0.194. The molecule has 2 N–H and O–H groups in total. The Bertz CT molecular complexity index is 424. The molecule has 1 aliphatic rings. The Morgan fingerprint density at radius 3 is 2.53 bits per heavy atom. The zero-order valence-electron chi connectivity index (χ0n) is 11.6. The highest BCUT2D eigenvalue weighted by molar-refractivity contribution is 5.89. The molecule has 4 heteroatoms. The van der Waals surface area contributed by atoms with Crippen molar-refractivity contribution in [3.05, 3.63) is 29.8 Å². The fourth-order valence-electron chi connectivity index (χ4n) is 2.21. The molecule has 1 aliphatic carbocycles. The summed E-state index contributed by atoms with van der Waals surface area (Å²) in [5, 5.41) is 12.3. The van der Waals surface area contributed by atoms with Gasteiger partial charge in [0.25, 0.3) is 0 Å². The van der Waals surface area contributed by atoms with Crippen LogP contribution in [0.3, 0.4) is 0 Å². The number of urea groups is 1. The third kappa shape index (κ3) is 3.70. The van der Waals surface area contributed by atoms with Crippen LogP contribution < -0.4 is 5.32 Å². The van der Waals surface area contributed by atoms with Crippen LogP contribution in [0, 0.1) is 5.92 Å². The first-order valence-electron chi connectivity index (χ1n) is 6.86. The molecule has 4 nitrogen and oxygen atoms in total. The highest BCUT2D eigenvalue weighted by Crippen LogP contribution is 2.26. The number of hydrogen-bond donors (Lipinski definition) is 2. The number of carbonyl (C=O) groups is 1. The molecule has 0 saturated heterocycles. The second kappa shape index (κ2) is 6.06. The minimum absolute atomic E-state index is 0.0725. The Morgan fingerprint density at radius 1 is 1.42 bits per heavy atom. The average Bonchev–Trinajstić information content (AvgIpc) is 2.34. The Balaban J connectivity index is 1.86. The van der Waals surface area contributed by atoms with Gasteiger partial charge in [-0.2, -0.15) is 0 Å². The maximum atomic E-state index is 12.0. The SMILES string of the molecule is CC(O)c1ccc(NC(=O)N(C)CC2CCC2)cc1. The Hall–Kier alpha value is -1.55. The fraction of sp³-hybridized carbons (Fsp3) is 0.533. The molecule has 0 spiro atoms. The molecule has 1 fully saturated rings. The Kier molecular flexibility index (Phi) is 4.43. The summed E-state index contributed by atoms with van der Waals surface area (Å²) in [6.45, 7) is 2.55. The molecule has 0 radical (unpaired) electrons. The summed E-state index contributed by atoms with van der Waals surface area (Å²) in [5.74, 6) is 0.674. The molecule has 2 amide bonds. The minimum Gasteiger partial charge on any atom is -0.389 e. The van der Waals surface area contributed by atoms with Gasteiger partial charge in [-0.05, 0) is 43.4 Å². The van der Waals surface area contributed by atoms with Crippen molar-refractivity contribution in [2.24, 2.45) is 5.92 Å². The standard InChI is InChI=1S/C15H22N2O2/c1-11(18)13-6-8-14(9-7-13)16-15(19)17(2)10-12-4-3-5-12/h6-9,11-12,18H,3-5,10H2,1-2H3,(H,16,19). The van der Waals surface area contributed by atoms with Crippen LogP contribution in [0.15, 0.2) is 24.3 Å². The van der Waals surface area contributed by atoms with Gasteiger partial charge >= 0.3 is 6.03 Å². The number of hydrogen-bond acceptors (Lipinski definition) is 2. The van der Waals surface area contributed by atoms with Crippen LogP contribution in [0.5, 0.6) is 0 Å². The van der Waals surface area contributed by atoms with E-state index in [0.717, 1.165) is 17.8 Å². The van der Waals surface area contributed by atoms with Gasteiger partial charge in [0.1, 0.15) is 0 Å². The molecule has 1 saturated carbocycles. The quantitative estimate of drug-likeness (QED) is 0.876. The predicted molar refractivity (Wildman–Crippen MR) is 76.1 cm³/mol. The summed E-state index contributed by atoms with van der Waals surface area (Å²) in [4.78, 5) is 13.7. The molecule has 2 rings (SSSR count). The van der Waals surface area contributed by atoms with Crippen LogP contribution in [0.4, 0.5) is 10.5 Å². The molecule has 1 unspecified atom stereocenters. The van der Waals surface area contributed by atoms with Gasteiger partial charge in [-0.25, -0.2) is 4.79 Å². The number of aliphatic hydroxyl groups is 1. The topological polar surface area (TPSA) is 52.6 Å². The second-order valence-electron chi connectivity index (χ2n) is 5.41. The van der Waals surface area contributed by atoms with Crippen LogP contribution in [0.2, 0.25) is 0 Å². The van der Waals surface area contributed by atoms with Gasteiger partial charge in [-0.3, -0.25) is 0 Å². The van der Waals surface area contributed by atoms with E-state index in [2.05, 4.69) is 5.32 Å². The van der Waals surface area contributed by atoms with E-state index in [0.29, 0.717) is 5.92 Å². The summed E-state index contributed by atoms with van der Waals surface area (Å²) in [5.41, 5.74) is 1.61. The lowest BCUT2D eigenvalue weighted by Crippen LogP contribution is -2.37. The number of aliphatic hydroxyl groups excluding tert-OH is 1. The van der Waals surface area contributed by atoms with E-state index in [-0.39, 0.29) is 6.03 Å². The first-order chi connectivity index (χ1) is 9.06. The molecule has 19 heavy (non-hydrogen) atoms. The van der Waals surface area contributed by atoms with Crippen molar-refractivity contribution < 1.29 is 9.90 Å². The van der Waals surface area contributed by atoms with Crippen LogP contribution in [-0.2, 0) is 0 Å². The number of nitrogens with zero attached hydrogens (tertiary/aromatic N) is 1. The first-order valence-corrected chi connectivity index (χ1v) is 6.86. The second-order valence-corrected chi connectivity index (χ2v) is 5.41. The number of amides is 2. The number of rotatable bonds is 4. The number of anilines is 1. The third-order valence-corrected chi connectivity index (χ3v) is 3.75. The van der Waals surface area contributed by atoms with Crippen molar-refractivity contribution >= 4 is 11.7 Å². The van der Waals surface area contributed by atoms with Crippen LogP contribution in [0.1, 0.15) is 37.9 Å². The molecule has 1 aromatic rings. The van der Waals surface area contributed by atoms with E-state index in [4.69, 9.17) is 0 Å². The Labute approximate surface area is 114 Å². The maximum absolute atomic E-state index is 12.0. The maximum Gasteiger partial charge on any atom is 0.321 e. The van der Waals surface area contributed by atoms with Crippen molar-refractivity contribution in [3.63, 3.8) is 0 Å². The van der Waals surface area contributed by atoms with E-state index in [1.54, 1.807) is 11.8 Å². The predicted octanol–water partition coefficient (Wildman–Crippen LogP) is 3.00. The van der Waals surface area contributed by atoms with Crippen molar-refractivity contribution in [2.75, 3.05) is 18.9 Å². The molecule has 1 aromatic carbocycles. The molecular formula is C15H22N2O2. The third-order valence-electron chi connectivity index (χ3n) is 3.75. The van der Waals surface area contributed by atoms with Gasteiger partial charge in [-0.1, -0.05) is 18.6 Å². The molecule has 104 valence electrons. The van der Waals surface area contributed by atoms with Crippen molar-refractivity contribution in [3.8, 4) is 0 Å². The van der Waals surface area contributed by atoms with Crippen LogP contribution in [0.25, 0.3) is 0 Å². The van der Waals surface area contributed by atoms with E-state index in [9.17, 15) is 9.90 Å². The lowest BCUT2D eigenvalue weighted by Gasteiger charge is -2.30. The summed E-state index contributed by atoms with van der Waals surface area (Å²) >= 11 is 0. The fourth-order valence-corrected chi connectivity index (χ4v) is 2.21. The number of nitrogens with one attached hydrogen (secondary N) is 1. The van der Waals surface area contributed by atoms with Crippen LogP contribution >= 0.6 is 0 Å². The molecule has 0 aromatic heterocycles. The smallest absolute Gasteiger partial charge is 0.321 e. The number of carbonyl (C=O) groups excluding carboxylic acids is 1. The zero-order valence-corrected chi connectivity index (χ0v) is 11.6. The van der Waals surface area contributed by atoms with Crippen molar-refractivity contribution in [2.45, 2.75) is 32.3 Å². The van der Waals surface area contributed by atoms with E-state index < -0.39 is 6.10 Å². The zero-order chi connectivity index (χ0) is 13.8. The van der Waals surface area contributed by atoms with Crippen molar-refractivity contribution in [1.82, 2.24) is 4.90 Å². The van der Waals surface area contributed by atoms with E-state index in [1.807, 2.05) is 31.3 Å². The average molecular weight is 262 g/mol. The molecule has 0 bridgehead atoms. The van der Waals surface area contributed by atoms with Gasteiger partial charge in [0, 0.05) is 19.3 Å². The highest BCUT2D eigenvalue weighted by Gasteiger charge is 2.21. The van der Waals surface area contributed by atoms with Crippen molar-refractivity contribution in [1.29, 1.82) is 0 Å². The van der Waals surface area contributed by atoms with E-state index in [1.165, 1.54) is 19.3 Å². The van der Waals surface area contributed by atoms with Gasteiger partial charge < -0.3 is 15.3 Å². The number of benzene rings is 1. The molecule has 1 atom stereocenters. The summed E-state index contributed by atoms with van der Waals surface area (Å²) < 4.78 is 0. The first kappa shape index (κ1) is 13.9. The largest absolute Gasteiger partial charge is 0.389 e. The monoisotopic (exact) mass is 262 g/mol. The summed E-state index contributed by atoms with van der Waals surface area (Å²) in [6.07, 6.45) is 3.29. The molecule has 0 heterocycles. The van der Waals surface area contributed by atoms with Gasteiger partial charge in [-0.15, -0.1) is 0 Å². The molecular weight excluding hydrogens is 240 g/mol. The van der Waals surface area contributed by atoms with E-state index >= 15 is 0 Å². The minimum atomic E-state index is -0.481. The summed E-state index contributed by atoms with van der Waals surface area (Å²) in [7, 11) is 1.83. The lowest BCUT2D eigenvalue weighted by atomic mass is 9.85. The van der Waals surface area contributed by atoms with Gasteiger partial charge in [0.05, 0.1) is 6.10 Å². The van der Waals surface area contributed by atoms with Crippen LogP contribution in [-0.4, -0.2) is 29.6 Å². The van der Waals surface area contributed by atoms with Gasteiger partial charge in [0.2, 0.25) is 0 Å². The molecule has 0 aliphatic heterocycles. The summed E-state index contributed by atoms with van der Waals surface area (Å²) in [6, 6.07) is 7.21. The highest BCUT2D eigenvalue weighted by atomic mass is 16.3. The Morgan fingerprint density at radius 2 is 2.05 bits per heavy atom. The normalized spacial score (nSPS) is 16.6. The van der Waals surface area contributed by atoms with Gasteiger partial charge in [0.15, 0.2) is 0 Å².